The quantitative estimate of drug-likeness (QED) is 0.627. The van der Waals surface area contributed by atoms with Gasteiger partial charge in [0, 0.05) is 0 Å². The number of hydrogen-bond acceptors (Lipinski definition) is 0. The van der Waals surface area contributed by atoms with Gasteiger partial charge in [-0.15, -0.1) is 0 Å². The normalized spacial score (nSPS) is 29.0. The molecule has 0 amide bonds. The molecule has 0 bridgehead atoms. The molecular weight excluding hydrogens is 256 g/mol. The van der Waals surface area contributed by atoms with Gasteiger partial charge >= 0.3 is 0 Å². The van der Waals surface area contributed by atoms with E-state index in [1.807, 2.05) is 0 Å². The molecule has 1 unspecified atom stereocenters. The van der Waals surface area contributed by atoms with Crippen molar-refractivity contribution in [3.8, 4) is 0 Å². The molecule has 2 rings (SSSR count). The summed E-state index contributed by atoms with van der Waals surface area (Å²) < 4.78 is 0. The van der Waals surface area contributed by atoms with Crippen LogP contribution in [0.4, 0.5) is 0 Å². The van der Waals surface area contributed by atoms with E-state index in [1.165, 1.54) is 11.1 Å². The molecule has 0 spiro atoms. The maximum absolute atomic E-state index is 3.58. The molecule has 0 aliphatic heterocycles. The summed E-state index contributed by atoms with van der Waals surface area (Å²) in [6, 6.07) is 8.47. The SMILES string of the molecule is BrC1c2ccccc2[C@H]1Br. The third kappa shape index (κ3) is 0.785. The Morgan fingerprint density at radius 2 is 1.30 bits per heavy atom. The van der Waals surface area contributed by atoms with Crippen LogP contribution in [0.5, 0.6) is 0 Å². The van der Waals surface area contributed by atoms with Crippen LogP contribution in [0.2, 0.25) is 0 Å². The molecule has 0 N–H and O–H groups in total. The summed E-state index contributed by atoms with van der Waals surface area (Å²) in [4.78, 5) is 1.03. The zero-order chi connectivity index (χ0) is 7.14. The lowest BCUT2D eigenvalue weighted by Gasteiger charge is -2.31. The molecular formula is C8H6Br2. The first-order chi connectivity index (χ1) is 4.80. The van der Waals surface area contributed by atoms with Crippen LogP contribution in [0.1, 0.15) is 20.8 Å². The second-order valence-corrected chi connectivity index (χ2v) is 4.41. The van der Waals surface area contributed by atoms with E-state index in [2.05, 4.69) is 56.1 Å². The number of benzene rings is 1. The maximum atomic E-state index is 3.58. The molecule has 1 aromatic rings. The molecule has 1 aliphatic carbocycles. The molecule has 0 aromatic heterocycles. The van der Waals surface area contributed by atoms with Gasteiger partial charge < -0.3 is 0 Å². The van der Waals surface area contributed by atoms with Crippen LogP contribution in [-0.4, -0.2) is 0 Å². The van der Waals surface area contributed by atoms with Crippen LogP contribution < -0.4 is 0 Å². The smallest absolute Gasteiger partial charge is 0.0564 e. The predicted octanol–water partition coefficient (Wildman–Crippen LogP) is 3.57. The van der Waals surface area contributed by atoms with Crippen molar-refractivity contribution in [3.05, 3.63) is 35.4 Å². The Morgan fingerprint density at radius 3 is 1.70 bits per heavy atom. The fraction of sp³-hybridized carbons (Fsp3) is 0.250. The van der Waals surface area contributed by atoms with E-state index in [0.29, 0.717) is 9.65 Å². The minimum Gasteiger partial charge on any atom is -0.0823 e. The summed E-state index contributed by atoms with van der Waals surface area (Å²) in [6.07, 6.45) is 0. The summed E-state index contributed by atoms with van der Waals surface area (Å²) in [7, 11) is 0. The van der Waals surface area contributed by atoms with Crippen molar-refractivity contribution in [1.82, 2.24) is 0 Å². The molecule has 10 heavy (non-hydrogen) atoms. The number of alkyl halides is 2. The van der Waals surface area contributed by atoms with Crippen molar-refractivity contribution in [1.29, 1.82) is 0 Å². The molecule has 0 saturated heterocycles. The first-order valence-electron chi connectivity index (χ1n) is 3.17. The van der Waals surface area contributed by atoms with Crippen LogP contribution in [0.25, 0.3) is 0 Å². The molecule has 1 aliphatic rings. The lowest BCUT2D eigenvalue weighted by Crippen LogP contribution is -2.13. The summed E-state index contributed by atoms with van der Waals surface area (Å²) >= 11 is 7.15. The Balaban J connectivity index is 2.50. The molecule has 0 saturated carbocycles. The zero-order valence-electron chi connectivity index (χ0n) is 5.22. The Morgan fingerprint density at radius 1 is 0.900 bits per heavy atom. The van der Waals surface area contributed by atoms with Crippen molar-refractivity contribution in [2.45, 2.75) is 9.65 Å². The molecule has 1 aromatic carbocycles. The highest BCUT2D eigenvalue weighted by Gasteiger charge is 2.32. The third-order valence-corrected chi connectivity index (χ3v) is 4.60. The van der Waals surface area contributed by atoms with Crippen LogP contribution in [0.15, 0.2) is 24.3 Å². The monoisotopic (exact) mass is 260 g/mol. The summed E-state index contributed by atoms with van der Waals surface area (Å²) in [6.45, 7) is 0. The predicted molar refractivity (Wildman–Crippen MR) is 49.8 cm³/mol. The number of halogens is 2. The van der Waals surface area contributed by atoms with Gasteiger partial charge in [-0.05, 0) is 11.1 Å². The van der Waals surface area contributed by atoms with Crippen molar-refractivity contribution in [2.24, 2.45) is 0 Å². The Labute approximate surface area is 76.9 Å². The number of rotatable bonds is 0. The van der Waals surface area contributed by atoms with Gasteiger partial charge in [-0.2, -0.15) is 0 Å². The van der Waals surface area contributed by atoms with Gasteiger partial charge in [0.15, 0.2) is 0 Å². The van der Waals surface area contributed by atoms with E-state index in [4.69, 9.17) is 0 Å². The van der Waals surface area contributed by atoms with Crippen LogP contribution in [0, 0.1) is 0 Å². The van der Waals surface area contributed by atoms with Crippen molar-refractivity contribution in [3.63, 3.8) is 0 Å². The number of fused-ring (bicyclic) bond motifs is 1. The minimum atomic E-state index is 0.517. The lowest BCUT2D eigenvalue weighted by molar-refractivity contribution is 0.820. The van der Waals surface area contributed by atoms with Crippen molar-refractivity contribution in [2.75, 3.05) is 0 Å². The Kier molecular flexibility index (Phi) is 1.61. The molecule has 0 nitrogen and oxygen atoms in total. The van der Waals surface area contributed by atoms with Gasteiger partial charge in [0.05, 0.1) is 9.65 Å². The van der Waals surface area contributed by atoms with E-state index >= 15 is 0 Å². The molecule has 0 radical (unpaired) electrons. The van der Waals surface area contributed by atoms with E-state index in [1.54, 1.807) is 0 Å². The average molecular weight is 262 g/mol. The van der Waals surface area contributed by atoms with Crippen LogP contribution >= 0.6 is 31.9 Å². The first kappa shape index (κ1) is 6.86. The molecule has 2 heteroatoms. The third-order valence-electron chi connectivity index (χ3n) is 1.85. The minimum absolute atomic E-state index is 0.517. The van der Waals surface area contributed by atoms with Gasteiger partial charge in [0.2, 0.25) is 0 Å². The molecule has 52 valence electrons. The van der Waals surface area contributed by atoms with E-state index in [-0.39, 0.29) is 0 Å². The van der Waals surface area contributed by atoms with E-state index in [0.717, 1.165) is 0 Å². The Bertz CT molecular complexity index is 230. The van der Waals surface area contributed by atoms with Crippen molar-refractivity contribution < 1.29 is 0 Å². The fourth-order valence-electron chi connectivity index (χ4n) is 1.23. The fourth-order valence-corrected chi connectivity index (χ4v) is 2.64. The lowest BCUT2D eigenvalue weighted by atomic mass is 9.89. The summed E-state index contributed by atoms with van der Waals surface area (Å²) in [5.74, 6) is 0. The summed E-state index contributed by atoms with van der Waals surface area (Å²) in [5, 5.41) is 0. The topological polar surface area (TPSA) is 0 Å². The van der Waals surface area contributed by atoms with Gasteiger partial charge in [-0.25, -0.2) is 0 Å². The van der Waals surface area contributed by atoms with E-state index < -0.39 is 0 Å². The highest BCUT2D eigenvalue weighted by atomic mass is 79.9. The van der Waals surface area contributed by atoms with Crippen LogP contribution in [-0.2, 0) is 0 Å². The Hall–Kier alpha value is 0.180. The van der Waals surface area contributed by atoms with E-state index in [9.17, 15) is 0 Å². The highest BCUT2D eigenvalue weighted by Crippen LogP contribution is 2.53. The highest BCUT2D eigenvalue weighted by molar-refractivity contribution is 9.12. The van der Waals surface area contributed by atoms with Gasteiger partial charge in [0.1, 0.15) is 0 Å². The van der Waals surface area contributed by atoms with Gasteiger partial charge in [-0.1, -0.05) is 56.1 Å². The second kappa shape index (κ2) is 2.35. The average Bonchev–Trinajstić information content (AvgIpc) is 2.03. The van der Waals surface area contributed by atoms with Gasteiger partial charge in [-0.3, -0.25) is 0 Å². The summed E-state index contributed by atoms with van der Waals surface area (Å²) in [5.41, 5.74) is 2.84. The standard InChI is InChI=1S/C8H6Br2/c9-7-5-3-1-2-4-6(5)8(7)10/h1-4,7-8H/t7-,8?/m1/s1. The number of hydrogen-bond donors (Lipinski definition) is 0. The van der Waals surface area contributed by atoms with Crippen molar-refractivity contribution >= 4 is 31.9 Å². The maximum Gasteiger partial charge on any atom is 0.0564 e. The molecule has 0 heterocycles. The zero-order valence-corrected chi connectivity index (χ0v) is 8.39. The van der Waals surface area contributed by atoms with Gasteiger partial charge in [0.25, 0.3) is 0 Å². The largest absolute Gasteiger partial charge is 0.0823 e. The van der Waals surface area contributed by atoms with Crippen LogP contribution in [0.3, 0.4) is 0 Å². The first-order valence-corrected chi connectivity index (χ1v) is 5.01. The molecule has 0 fully saturated rings. The second-order valence-electron chi connectivity index (χ2n) is 2.43. The molecule has 2 atom stereocenters.